The Morgan fingerprint density at radius 2 is 1.66 bits per heavy atom. The molecule has 150 valence electrons. The molecule has 2 aromatic rings. The van der Waals surface area contributed by atoms with Crippen molar-refractivity contribution < 1.29 is 9.59 Å². The first-order chi connectivity index (χ1) is 14.1. The highest BCUT2D eigenvalue weighted by Gasteiger charge is 2.30. The summed E-state index contributed by atoms with van der Waals surface area (Å²) in [6.45, 7) is 7.10. The topological polar surface area (TPSA) is 52.7 Å². The molecule has 1 unspecified atom stereocenters. The molecular formula is C24H27N3O2. The van der Waals surface area contributed by atoms with E-state index in [1.165, 1.54) is 18.4 Å². The van der Waals surface area contributed by atoms with Gasteiger partial charge < -0.3 is 10.2 Å². The quantitative estimate of drug-likeness (QED) is 0.789. The van der Waals surface area contributed by atoms with Crippen molar-refractivity contribution in [2.24, 2.45) is 0 Å². The molecule has 0 spiro atoms. The summed E-state index contributed by atoms with van der Waals surface area (Å²) in [5, 5.41) is 3.08. The van der Waals surface area contributed by atoms with E-state index in [9.17, 15) is 9.59 Å². The monoisotopic (exact) mass is 389 g/mol. The lowest BCUT2D eigenvalue weighted by molar-refractivity contribution is -0.121. The van der Waals surface area contributed by atoms with E-state index in [2.05, 4.69) is 28.9 Å². The van der Waals surface area contributed by atoms with Crippen LogP contribution in [0.1, 0.15) is 46.8 Å². The Hall–Kier alpha value is -2.92. The summed E-state index contributed by atoms with van der Waals surface area (Å²) < 4.78 is 0. The van der Waals surface area contributed by atoms with Gasteiger partial charge in [-0.25, -0.2) is 0 Å². The summed E-state index contributed by atoms with van der Waals surface area (Å²) >= 11 is 0. The summed E-state index contributed by atoms with van der Waals surface area (Å²) in [6, 6.07) is 18.0. The molecule has 0 aliphatic carbocycles. The average Bonchev–Trinajstić information content (AvgIpc) is 3.36. The van der Waals surface area contributed by atoms with Crippen LogP contribution in [0.2, 0.25) is 0 Å². The maximum Gasteiger partial charge on any atom is 0.258 e. The van der Waals surface area contributed by atoms with E-state index in [4.69, 9.17) is 0 Å². The van der Waals surface area contributed by atoms with E-state index < -0.39 is 0 Å². The number of amides is 2. The molecular weight excluding hydrogens is 362 g/mol. The maximum atomic E-state index is 12.6. The van der Waals surface area contributed by atoms with Crippen molar-refractivity contribution in [1.29, 1.82) is 0 Å². The maximum absolute atomic E-state index is 12.6. The molecule has 2 aliphatic rings. The molecule has 1 fully saturated rings. The SMILES string of the molecule is C=C1c2ccccc2C(=O)N1CCC(=O)NCC(c1ccccc1)N1CCCC1. The lowest BCUT2D eigenvalue weighted by atomic mass is 10.1. The Kier molecular flexibility index (Phi) is 5.76. The molecule has 29 heavy (non-hydrogen) atoms. The molecule has 0 aromatic heterocycles. The molecule has 1 saturated heterocycles. The van der Waals surface area contributed by atoms with Crippen LogP contribution in [0.4, 0.5) is 0 Å². The third-order valence-corrected chi connectivity index (χ3v) is 5.86. The fourth-order valence-corrected chi connectivity index (χ4v) is 4.27. The Bertz CT molecular complexity index is 868. The highest BCUT2D eigenvalue weighted by atomic mass is 16.2. The molecule has 0 bridgehead atoms. The van der Waals surface area contributed by atoms with Crippen LogP contribution in [0.5, 0.6) is 0 Å². The van der Waals surface area contributed by atoms with Gasteiger partial charge in [0.2, 0.25) is 5.91 Å². The number of hydrogen-bond acceptors (Lipinski definition) is 3. The van der Waals surface area contributed by atoms with Gasteiger partial charge in [0, 0.05) is 36.3 Å². The van der Waals surface area contributed by atoms with Crippen LogP contribution in [0.15, 0.2) is 61.2 Å². The number of rotatable bonds is 7. The summed E-state index contributed by atoms with van der Waals surface area (Å²) in [6.07, 6.45) is 2.67. The zero-order valence-corrected chi connectivity index (χ0v) is 16.6. The molecule has 0 saturated carbocycles. The van der Waals surface area contributed by atoms with E-state index >= 15 is 0 Å². The van der Waals surface area contributed by atoms with Crippen molar-refractivity contribution >= 4 is 17.5 Å². The average molecular weight is 389 g/mol. The molecule has 5 heteroatoms. The van der Waals surface area contributed by atoms with Crippen LogP contribution in [0, 0.1) is 0 Å². The van der Waals surface area contributed by atoms with E-state index in [1.807, 2.05) is 42.5 Å². The zero-order chi connectivity index (χ0) is 20.2. The third-order valence-electron chi connectivity index (χ3n) is 5.86. The first-order valence-electron chi connectivity index (χ1n) is 10.3. The minimum absolute atomic E-state index is 0.0401. The van der Waals surface area contributed by atoms with Gasteiger partial charge in [-0.2, -0.15) is 0 Å². The molecule has 2 aromatic carbocycles. The fraction of sp³-hybridized carbons (Fsp3) is 0.333. The van der Waals surface area contributed by atoms with Crippen LogP contribution >= 0.6 is 0 Å². The molecule has 1 N–H and O–H groups in total. The molecule has 1 atom stereocenters. The molecule has 5 nitrogen and oxygen atoms in total. The molecule has 0 radical (unpaired) electrons. The van der Waals surface area contributed by atoms with Crippen LogP contribution < -0.4 is 5.32 Å². The summed E-state index contributed by atoms with van der Waals surface area (Å²) in [7, 11) is 0. The Labute approximate surface area is 172 Å². The fourth-order valence-electron chi connectivity index (χ4n) is 4.27. The molecule has 2 heterocycles. The van der Waals surface area contributed by atoms with Gasteiger partial charge in [0.25, 0.3) is 5.91 Å². The standard InChI is InChI=1S/C24H27N3O2/c1-18-20-11-5-6-12-21(20)24(29)27(18)16-13-23(28)25-17-22(26-14-7-8-15-26)19-9-3-2-4-10-19/h2-6,9-12,22H,1,7-8,13-17H2,(H,25,28). The van der Waals surface area contributed by atoms with Crippen molar-refractivity contribution in [3.05, 3.63) is 77.9 Å². The largest absolute Gasteiger partial charge is 0.354 e. The first kappa shape index (κ1) is 19.4. The highest BCUT2D eigenvalue weighted by Crippen LogP contribution is 2.31. The van der Waals surface area contributed by atoms with Gasteiger partial charge in [-0.05, 0) is 37.6 Å². The summed E-state index contributed by atoms with van der Waals surface area (Å²) in [5.41, 5.74) is 3.43. The van der Waals surface area contributed by atoms with E-state index in [0.717, 1.165) is 18.7 Å². The lowest BCUT2D eigenvalue weighted by Crippen LogP contribution is -2.38. The van der Waals surface area contributed by atoms with Crippen LogP contribution in [0.25, 0.3) is 5.70 Å². The predicted octanol–water partition coefficient (Wildman–Crippen LogP) is 3.46. The van der Waals surface area contributed by atoms with E-state index in [1.54, 1.807) is 4.90 Å². The second kappa shape index (κ2) is 8.62. The van der Waals surface area contributed by atoms with E-state index in [0.29, 0.717) is 24.4 Å². The Balaban J connectivity index is 1.34. The minimum Gasteiger partial charge on any atom is -0.354 e. The molecule has 4 rings (SSSR count). The number of nitrogens with one attached hydrogen (secondary N) is 1. The predicted molar refractivity (Wildman–Crippen MR) is 114 cm³/mol. The van der Waals surface area contributed by atoms with Crippen molar-refractivity contribution in [1.82, 2.24) is 15.1 Å². The normalized spacial score (nSPS) is 17.4. The van der Waals surface area contributed by atoms with Crippen LogP contribution in [0.3, 0.4) is 0 Å². The Morgan fingerprint density at radius 1 is 1.00 bits per heavy atom. The molecule has 2 amide bonds. The van der Waals surface area contributed by atoms with Crippen molar-refractivity contribution in [2.75, 3.05) is 26.2 Å². The van der Waals surface area contributed by atoms with Crippen molar-refractivity contribution in [3.8, 4) is 0 Å². The third kappa shape index (κ3) is 4.10. The second-order valence-corrected chi connectivity index (χ2v) is 7.67. The number of likely N-dealkylation sites (tertiary alicyclic amines) is 1. The van der Waals surface area contributed by atoms with Crippen molar-refractivity contribution in [3.63, 3.8) is 0 Å². The summed E-state index contributed by atoms with van der Waals surface area (Å²) in [4.78, 5) is 29.2. The van der Waals surface area contributed by atoms with Gasteiger partial charge >= 0.3 is 0 Å². The number of fused-ring (bicyclic) bond motifs is 1. The minimum atomic E-state index is -0.0716. The number of carbonyl (C=O) groups excluding carboxylic acids is 2. The Morgan fingerprint density at radius 3 is 2.34 bits per heavy atom. The van der Waals surface area contributed by atoms with Crippen LogP contribution in [-0.2, 0) is 4.79 Å². The summed E-state index contributed by atoms with van der Waals surface area (Å²) in [5.74, 6) is -0.112. The van der Waals surface area contributed by atoms with Crippen molar-refractivity contribution in [2.45, 2.75) is 25.3 Å². The molecule has 2 aliphatic heterocycles. The highest BCUT2D eigenvalue weighted by molar-refractivity contribution is 6.08. The van der Waals surface area contributed by atoms with Gasteiger partial charge in [0.05, 0.1) is 6.04 Å². The van der Waals surface area contributed by atoms with Gasteiger partial charge in [0.15, 0.2) is 0 Å². The van der Waals surface area contributed by atoms with E-state index in [-0.39, 0.29) is 24.3 Å². The smallest absolute Gasteiger partial charge is 0.258 e. The zero-order valence-electron chi connectivity index (χ0n) is 16.6. The number of hydrogen-bond donors (Lipinski definition) is 1. The number of nitrogens with zero attached hydrogens (tertiary/aromatic N) is 2. The van der Waals surface area contributed by atoms with Gasteiger partial charge in [-0.1, -0.05) is 55.1 Å². The number of benzene rings is 2. The lowest BCUT2D eigenvalue weighted by Gasteiger charge is -2.28. The first-order valence-corrected chi connectivity index (χ1v) is 10.3. The number of carbonyl (C=O) groups is 2. The van der Waals surface area contributed by atoms with Gasteiger partial charge in [0.1, 0.15) is 0 Å². The van der Waals surface area contributed by atoms with Crippen LogP contribution in [-0.4, -0.2) is 47.8 Å². The van der Waals surface area contributed by atoms with Gasteiger partial charge in [-0.15, -0.1) is 0 Å². The second-order valence-electron chi connectivity index (χ2n) is 7.67. The van der Waals surface area contributed by atoms with Gasteiger partial charge in [-0.3, -0.25) is 14.5 Å².